The van der Waals surface area contributed by atoms with Gasteiger partial charge in [-0.2, -0.15) is 0 Å². The van der Waals surface area contributed by atoms with Crippen LogP contribution in [0.5, 0.6) is 0 Å². The topological polar surface area (TPSA) is 113 Å². The molecule has 0 unspecified atom stereocenters. The van der Waals surface area contributed by atoms with E-state index in [1.807, 2.05) is 0 Å². The number of carbonyl (C=O) groups excluding carboxylic acids is 2. The number of hydrogen-bond donors (Lipinski definition) is 1. The minimum atomic E-state index is -1.51. The van der Waals surface area contributed by atoms with Crippen molar-refractivity contribution in [3.63, 3.8) is 0 Å². The molecular weight excluding hydrogens is 297 g/mol. The molecule has 1 rings (SSSR count). The molecule has 0 aliphatic carbocycles. The van der Waals surface area contributed by atoms with Gasteiger partial charge in [-0.3, -0.25) is 10.1 Å². The van der Waals surface area contributed by atoms with Crippen LogP contribution < -0.4 is 40.0 Å². The molecule has 0 radical (unpaired) electrons. The first-order chi connectivity index (χ1) is 9.08. The van der Waals surface area contributed by atoms with Crippen LogP contribution in [-0.4, -0.2) is 42.9 Å². The average molecular weight is 309 g/mol. The number of aromatic nitrogens is 1. The predicted molar refractivity (Wildman–Crippen MR) is 65.8 cm³/mol. The number of rotatable bonds is 7. The molecular formula is C10H12N3NaO5S. The molecule has 0 fully saturated rings. The van der Waals surface area contributed by atoms with E-state index in [0.29, 0.717) is 0 Å². The van der Waals surface area contributed by atoms with E-state index in [1.54, 1.807) is 6.92 Å². The van der Waals surface area contributed by atoms with Crippen LogP contribution in [-0.2, 0) is 19.2 Å². The first kappa shape index (κ1) is 19.0. The zero-order chi connectivity index (χ0) is 14.3. The van der Waals surface area contributed by atoms with E-state index in [9.17, 15) is 14.7 Å². The fraction of sp³-hybridized carbons (Fsp3) is 0.400. The smallest absolute Gasteiger partial charge is 0.543 e. The second kappa shape index (κ2) is 9.83. The maximum absolute atomic E-state index is 11.2. The number of thiazole rings is 1. The number of anilines is 1. The predicted octanol–water partition coefficient (Wildman–Crippen LogP) is -3.78. The van der Waals surface area contributed by atoms with Gasteiger partial charge in [-0.1, -0.05) is 5.16 Å². The Morgan fingerprint density at radius 2 is 2.25 bits per heavy atom. The summed E-state index contributed by atoms with van der Waals surface area (Å²) < 4.78 is 4.64. The number of carboxylic acid groups (broad SMARTS) is 1. The maximum atomic E-state index is 11.2. The van der Waals surface area contributed by atoms with Gasteiger partial charge in [-0.25, -0.2) is 4.98 Å². The minimum absolute atomic E-state index is 0. The Labute approximate surface area is 141 Å². The first-order valence-electron chi connectivity index (χ1n) is 5.24. The molecule has 10 heteroatoms. The average Bonchev–Trinajstić information content (AvgIpc) is 2.77. The first-order valence-corrected chi connectivity index (χ1v) is 6.12. The molecule has 0 atom stereocenters. The van der Waals surface area contributed by atoms with Gasteiger partial charge in [0.05, 0.1) is 5.97 Å². The van der Waals surface area contributed by atoms with Crippen LogP contribution in [0.4, 0.5) is 5.13 Å². The third-order valence-corrected chi connectivity index (χ3v) is 2.50. The summed E-state index contributed by atoms with van der Waals surface area (Å²) in [7, 11) is 1.38. The van der Waals surface area contributed by atoms with Gasteiger partial charge in [0.15, 0.2) is 10.8 Å². The number of aliphatic carboxylic acids is 1. The van der Waals surface area contributed by atoms with Crippen LogP contribution in [0.1, 0.15) is 12.6 Å². The Balaban J connectivity index is 0.00000361. The van der Waals surface area contributed by atoms with E-state index in [0.717, 1.165) is 11.3 Å². The van der Waals surface area contributed by atoms with Gasteiger partial charge in [-0.15, -0.1) is 11.3 Å². The van der Waals surface area contributed by atoms with Gasteiger partial charge >= 0.3 is 29.6 Å². The molecule has 0 saturated heterocycles. The molecule has 1 heterocycles. The molecule has 20 heavy (non-hydrogen) atoms. The Morgan fingerprint density at radius 3 is 2.80 bits per heavy atom. The molecule has 0 saturated carbocycles. The number of nitrogens with zero attached hydrogens (tertiary/aromatic N) is 2. The van der Waals surface area contributed by atoms with E-state index < -0.39 is 11.7 Å². The molecule has 104 valence electrons. The monoisotopic (exact) mass is 309 g/mol. The van der Waals surface area contributed by atoms with E-state index in [-0.39, 0.29) is 59.5 Å². The summed E-state index contributed by atoms with van der Waals surface area (Å²) in [5.41, 5.74) is -0.364. The van der Waals surface area contributed by atoms with Crippen molar-refractivity contribution in [1.82, 2.24) is 4.98 Å². The summed E-state index contributed by atoms with van der Waals surface area (Å²) in [6.07, 6.45) is 0. The van der Waals surface area contributed by atoms with Crippen molar-refractivity contribution in [3.8, 4) is 0 Å². The number of ether oxygens (including phenoxy) is 1. The second-order valence-electron chi connectivity index (χ2n) is 3.16. The Bertz CT molecular complexity index is 491. The van der Waals surface area contributed by atoms with Crippen molar-refractivity contribution in [2.45, 2.75) is 6.92 Å². The van der Waals surface area contributed by atoms with E-state index in [2.05, 4.69) is 25.0 Å². The molecule has 0 aromatic carbocycles. The summed E-state index contributed by atoms with van der Waals surface area (Å²) in [5, 5.41) is 18.4. The van der Waals surface area contributed by atoms with Crippen LogP contribution in [0, 0.1) is 0 Å². The van der Waals surface area contributed by atoms with Crippen molar-refractivity contribution < 1.29 is 53.8 Å². The van der Waals surface area contributed by atoms with Gasteiger partial charge in [0.25, 0.3) is 5.91 Å². The zero-order valence-electron chi connectivity index (χ0n) is 11.3. The van der Waals surface area contributed by atoms with Gasteiger partial charge in [0, 0.05) is 12.5 Å². The van der Waals surface area contributed by atoms with Crippen LogP contribution in [0.2, 0.25) is 0 Å². The van der Waals surface area contributed by atoms with Crippen molar-refractivity contribution in [2.24, 2.45) is 5.16 Å². The Kier molecular flexibility index (Phi) is 9.34. The summed E-state index contributed by atoms with van der Waals surface area (Å²) in [6, 6.07) is 0. The molecule has 1 N–H and O–H groups in total. The van der Waals surface area contributed by atoms with Crippen LogP contribution in [0.25, 0.3) is 0 Å². The van der Waals surface area contributed by atoms with Crippen LogP contribution >= 0.6 is 11.3 Å². The van der Waals surface area contributed by atoms with E-state index in [4.69, 9.17) is 0 Å². The third-order valence-electron chi connectivity index (χ3n) is 1.75. The number of methoxy groups -OCH3 is 1. The molecule has 0 bridgehead atoms. The van der Waals surface area contributed by atoms with Crippen molar-refractivity contribution in [3.05, 3.63) is 11.1 Å². The SMILES string of the molecule is CCON=C(C(=O)[O-])c1csc(NC(=O)COC)n1.[Na+]. The normalized spacial score (nSPS) is 10.6. The molecule has 1 aromatic heterocycles. The number of nitrogens with one attached hydrogen (secondary N) is 1. The summed E-state index contributed by atoms with van der Waals surface area (Å²) >= 11 is 1.06. The van der Waals surface area contributed by atoms with E-state index >= 15 is 0 Å². The number of carboxylic acids is 1. The molecule has 0 aliphatic rings. The Morgan fingerprint density at radius 1 is 1.55 bits per heavy atom. The fourth-order valence-corrected chi connectivity index (χ4v) is 1.76. The molecule has 1 aromatic rings. The second-order valence-corrected chi connectivity index (χ2v) is 4.02. The third kappa shape index (κ3) is 5.97. The van der Waals surface area contributed by atoms with Gasteiger partial charge < -0.3 is 19.5 Å². The molecule has 8 nitrogen and oxygen atoms in total. The number of amides is 1. The van der Waals surface area contributed by atoms with Crippen LogP contribution in [0.3, 0.4) is 0 Å². The van der Waals surface area contributed by atoms with Crippen molar-refractivity contribution >= 4 is 34.1 Å². The minimum Gasteiger partial charge on any atom is -0.543 e. The molecule has 0 aliphatic heterocycles. The summed E-state index contributed by atoms with van der Waals surface area (Å²) in [5.74, 6) is -1.89. The number of oxime groups is 1. The molecule has 0 spiro atoms. The fourth-order valence-electron chi connectivity index (χ4n) is 1.04. The number of carbonyl (C=O) groups is 2. The largest absolute Gasteiger partial charge is 1.00 e. The van der Waals surface area contributed by atoms with Gasteiger partial charge in [0.1, 0.15) is 18.9 Å². The van der Waals surface area contributed by atoms with Gasteiger partial charge in [-0.05, 0) is 6.92 Å². The van der Waals surface area contributed by atoms with Gasteiger partial charge in [0.2, 0.25) is 0 Å². The standard InChI is InChI=1S/C10H13N3O5S.Na/c1-3-18-13-8(9(15)16)6-5-19-10(11-6)12-7(14)4-17-2;/h5H,3-4H2,1-2H3,(H,15,16)(H,11,12,14);/q;+1/p-1. The quantitative estimate of drug-likeness (QED) is 0.314. The van der Waals surface area contributed by atoms with Crippen molar-refractivity contribution in [2.75, 3.05) is 25.6 Å². The Hall–Kier alpha value is -1.00. The molecule has 1 amide bonds. The van der Waals surface area contributed by atoms with Crippen LogP contribution in [0.15, 0.2) is 10.5 Å². The van der Waals surface area contributed by atoms with E-state index in [1.165, 1.54) is 12.5 Å². The summed E-state index contributed by atoms with van der Waals surface area (Å²) in [6.45, 7) is 1.77. The number of hydrogen-bond acceptors (Lipinski definition) is 8. The van der Waals surface area contributed by atoms with Crippen molar-refractivity contribution in [1.29, 1.82) is 0 Å². The summed E-state index contributed by atoms with van der Waals surface area (Å²) in [4.78, 5) is 30.7. The maximum Gasteiger partial charge on any atom is 1.00 e. The zero-order valence-corrected chi connectivity index (χ0v) is 14.2.